The van der Waals surface area contributed by atoms with Gasteiger partial charge >= 0.3 is 0 Å². The number of allylic oxidation sites excluding steroid dienone is 1. The summed E-state index contributed by atoms with van der Waals surface area (Å²) in [5, 5.41) is 7.26. The minimum atomic E-state index is -0.305. The van der Waals surface area contributed by atoms with Crippen molar-refractivity contribution in [2.45, 2.75) is 46.6 Å². The number of hydrogen-bond acceptors (Lipinski definition) is 5. The van der Waals surface area contributed by atoms with Gasteiger partial charge in [-0.1, -0.05) is 13.8 Å². The van der Waals surface area contributed by atoms with Gasteiger partial charge in [0.05, 0.1) is 31.6 Å². The quantitative estimate of drug-likeness (QED) is 0.701. The molecule has 5 heteroatoms. The lowest BCUT2D eigenvalue weighted by molar-refractivity contribution is -0.118. The SMILES string of the molecule is COc1ccc(C2Nc3cc(C)c(C)cc3NC3=C2C(=O)CC(C)(C)C3)c(OC)c1. The predicted molar refractivity (Wildman–Crippen MR) is 120 cm³/mol. The van der Waals surface area contributed by atoms with E-state index in [0.717, 1.165) is 40.4 Å². The largest absolute Gasteiger partial charge is 0.497 e. The maximum atomic E-state index is 13.4. The Morgan fingerprint density at radius 2 is 1.67 bits per heavy atom. The molecule has 30 heavy (non-hydrogen) atoms. The highest BCUT2D eigenvalue weighted by molar-refractivity contribution is 6.01. The number of methoxy groups -OCH3 is 2. The van der Waals surface area contributed by atoms with Gasteiger partial charge in [-0.05, 0) is 61.1 Å². The summed E-state index contributed by atoms with van der Waals surface area (Å²) in [4.78, 5) is 13.4. The van der Waals surface area contributed by atoms with Crippen LogP contribution in [0.2, 0.25) is 0 Å². The number of aryl methyl sites for hydroxylation is 2. The zero-order valence-corrected chi connectivity index (χ0v) is 18.6. The van der Waals surface area contributed by atoms with Crippen molar-refractivity contribution in [3.8, 4) is 11.5 Å². The first kappa shape index (κ1) is 20.3. The van der Waals surface area contributed by atoms with E-state index in [-0.39, 0.29) is 17.2 Å². The highest BCUT2D eigenvalue weighted by Gasteiger charge is 2.39. The van der Waals surface area contributed by atoms with Crippen LogP contribution < -0.4 is 20.1 Å². The molecule has 1 heterocycles. The molecule has 0 amide bonds. The smallest absolute Gasteiger partial charge is 0.163 e. The third kappa shape index (κ3) is 3.53. The topological polar surface area (TPSA) is 59.6 Å². The summed E-state index contributed by atoms with van der Waals surface area (Å²) in [7, 11) is 3.28. The Morgan fingerprint density at radius 3 is 2.33 bits per heavy atom. The van der Waals surface area contributed by atoms with E-state index in [2.05, 4.69) is 50.5 Å². The van der Waals surface area contributed by atoms with Gasteiger partial charge in [-0.15, -0.1) is 0 Å². The molecule has 1 unspecified atom stereocenters. The molecular formula is C25H30N2O3. The van der Waals surface area contributed by atoms with E-state index in [9.17, 15) is 4.79 Å². The van der Waals surface area contributed by atoms with Gasteiger partial charge in [-0.2, -0.15) is 0 Å². The number of Topliss-reactive ketones (excluding diaryl/α,β-unsaturated/α-hetero) is 1. The van der Waals surface area contributed by atoms with Gasteiger partial charge in [0, 0.05) is 29.3 Å². The van der Waals surface area contributed by atoms with Crippen molar-refractivity contribution in [1.29, 1.82) is 0 Å². The van der Waals surface area contributed by atoms with Crippen molar-refractivity contribution in [3.05, 3.63) is 58.3 Å². The number of ketones is 1. The minimum absolute atomic E-state index is 0.0816. The first-order chi connectivity index (χ1) is 14.2. The van der Waals surface area contributed by atoms with E-state index in [1.54, 1.807) is 14.2 Å². The molecule has 0 radical (unpaired) electrons. The minimum Gasteiger partial charge on any atom is -0.497 e. The van der Waals surface area contributed by atoms with Crippen LogP contribution in [0.15, 0.2) is 41.6 Å². The molecule has 0 saturated heterocycles. The van der Waals surface area contributed by atoms with Crippen LogP contribution in [0.1, 0.15) is 49.4 Å². The number of nitrogens with one attached hydrogen (secondary N) is 2. The van der Waals surface area contributed by atoms with Gasteiger partial charge in [0.2, 0.25) is 0 Å². The van der Waals surface area contributed by atoms with Crippen molar-refractivity contribution >= 4 is 17.2 Å². The summed E-state index contributed by atoms with van der Waals surface area (Å²) < 4.78 is 11.1. The molecule has 0 fully saturated rings. The Hall–Kier alpha value is -2.95. The van der Waals surface area contributed by atoms with Crippen LogP contribution in [0.5, 0.6) is 11.5 Å². The van der Waals surface area contributed by atoms with Crippen molar-refractivity contribution in [2.24, 2.45) is 5.41 Å². The monoisotopic (exact) mass is 406 g/mol. The second kappa shape index (κ2) is 7.38. The Labute approximate surface area is 178 Å². The number of hydrogen-bond donors (Lipinski definition) is 2. The zero-order chi connectivity index (χ0) is 21.6. The van der Waals surface area contributed by atoms with Crippen LogP contribution in [-0.2, 0) is 4.79 Å². The van der Waals surface area contributed by atoms with Gasteiger partial charge in [0.15, 0.2) is 5.78 Å². The molecule has 158 valence electrons. The lowest BCUT2D eigenvalue weighted by Gasteiger charge is -2.34. The number of rotatable bonds is 3. The Morgan fingerprint density at radius 1 is 0.967 bits per heavy atom. The fraction of sp³-hybridized carbons (Fsp3) is 0.400. The molecule has 2 aromatic rings. The summed E-state index contributed by atoms with van der Waals surface area (Å²) >= 11 is 0. The van der Waals surface area contributed by atoms with Crippen LogP contribution in [0.4, 0.5) is 11.4 Å². The fourth-order valence-corrected chi connectivity index (χ4v) is 4.50. The van der Waals surface area contributed by atoms with Gasteiger partial charge in [0.1, 0.15) is 11.5 Å². The third-order valence-corrected chi connectivity index (χ3v) is 6.18. The van der Waals surface area contributed by atoms with Crippen LogP contribution in [0.25, 0.3) is 0 Å². The van der Waals surface area contributed by atoms with Gasteiger partial charge < -0.3 is 20.1 Å². The summed E-state index contributed by atoms with van der Waals surface area (Å²) in [5.41, 5.74) is 7.04. The number of benzene rings is 2. The average molecular weight is 407 g/mol. The number of ether oxygens (including phenoxy) is 2. The predicted octanol–water partition coefficient (Wildman–Crippen LogP) is 5.54. The summed E-state index contributed by atoms with van der Waals surface area (Å²) in [5.74, 6) is 1.59. The normalized spacial score (nSPS) is 19.8. The standard InChI is InChI=1S/C25H30N2O3/c1-14-9-18-19(10-15(14)2)27-24(17-8-7-16(29-5)11-22(17)30-6)23-20(26-18)12-25(3,4)13-21(23)28/h7-11,24,26-27H,12-13H2,1-6H3. The van der Waals surface area contributed by atoms with Crippen molar-refractivity contribution in [2.75, 3.05) is 24.9 Å². The number of carbonyl (C=O) groups is 1. The lowest BCUT2D eigenvalue weighted by atomic mass is 9.73. The van der Waals surface area contributed by atoms with E-state index in [4.69, 9.17) is 9.47 Å². The first-order valence-electron chi connectivity index (χ1n) is 10.4. The molecule has 0 spiro atoms. The van der Waals surface area contributed by atoms with E-state index >= 15 is 0 Å². The van der Waals surface area contributed by atoms with E-state index in [1.807, 2.05) is 18.2 Å². The summed E-state index contributed by atoms with van der Waals surface area (Å²) in [6.07, 6.45) is 1.34. The molecule has 0 bridgehead atoms. The van der Waals surface area contributed by atoms with Gasteiger partial charge in [-0.25, -0.2) is 0 Å². The zero-order valence-electron chi connectivity index (χ0n) is 18.6. The van der Waals surface area contributed by atoms with Crippen LogP contribution >= 0.6 is 0 Å². The molecule has 2 N–H and O–H groups in total. The Kier molecular flexibility index (Phi) is 5.00. The highest BCUT2D eigenvalue weighted by atomic mass is 16.5. The van der Waals surface area contributed by atoms with E-state index in [1.165, 1.54) is 11.1 Å². The third-order valence-electron chi connectivity index (χ3n) is 6.18. The number of fused-ring (bicyclic) bond motifs is 1. The maximum absolute atomic E-state index is 13.4. The molecule has 5 nitrogen and oxygen atoms in total. The molecule has 1 aliphatic carbocycles. The van der Waals surface area contributed by atoms with Crippen LogP contribution in [0, 0.1) is 19.3 Å². The van der Waals surface area contributed by atoms with Gasteiger partial charge in [-0.3, -0.25) is 4.79 Å². The lowest BCUT2D eigenvalue weighted by Crippen LogP contribution is -2.31. The number of anilines is 2. The molecule has 2 aromatic carbocycles. The molecule has 1 aliphatic heterocycles. The summed E-state index contributed by atoms with van der Waals surface area (Å²) in [6, 6.07) is 9.76. The number of carbonyl (C=O) groups excluding carboxylic acids is 1. The molecule has 0 aromatic heterocycles. The summed E-state index contributed by atoms with van der Waals surface area (Å²) in [6.45, 7) is 8.52. The van der Waals surface area contributed by atoms with Crippen LogP contribution in [-0.4, -0.2) is 20.0 Å². The second-order valence-electron chi connectivity index (χ2n) is 9.13. The first-order valence-corrected chi connectivity index (χ1v) is 10.4. The Balaban J connectivity index is 1.93. The molecule has 1 atom stereocenters. The maximum Gasteiger partial charge on any atom is 0.163 e. The van der Waals surface area contributed by atoms with Crippen molar-refractivity contribution in [3.63, 3.8) is 0 Å². The molecular weight excluding hydrogens is 376 g/mol. The van der Waals surface area contributed by atoms with Crippen LogP contribution in [0.3, 0.4) is 0 Å². The fourth-order valence-electron chi connectivity index (χ4n) is 4.50. The van der Waals surface area contributed by atoms with Crippen molar-refractivity contribution in [1.82, 2.24) is 0 Å². The van der Waals surface area contributed by atoms with E-state index in [0.29, 0.717) is 12.2 Å². The molecule has 2 aliphatic rings. The second-order valence-corrected chi connectivity index (χ2v) is 9.13. The molecule has 0 saturated carbocycles. The highest BCUT2D eigenvalue weighted by Crippen LogP contribution is 2.47. The van der Waals surface area contributed by atoms with Crippen molar-refractivity contribution < 1.29 is 14.3 Å². The van der Waals surface area contributed by atoms with E-state index < -0.39 is 0 Å². The average Bonchev–Trinajstić information content (AvgIpc) is 2.83. The Bertz CT molecular complexity index is 1050. The molecule has 4 rings (SSSR count). The van der Waals surface area contributed by atoms with Gasteiger partial charge in [0.25, 0.3) is 0 Å².